The number of ether oxygens (including phenoxy) is 2. The van der Waals surface area contributed by atoms with Crippen LogP contribution in [0.2, 0.25) is 0 Å². The van der Waals surface area contributed by atoms with Gasteiger partial charge in [-0.15, -0.1) is 0 Å². The van der Waals surface area contributed by atoms with Crippen LogP contribution >= 0.6 is 0 Å². The van der Waals surface area contributed by atoms with E-state index in [2.05, 4.69) is 6.92 Å². The summed E-state index contributed by atoms with van der Waals surface area (Å²) in [5.41, 5.74) is 0. The van der Waals surface area contributed by atoms with Gasteiger partial charge < -0.3 is 19.7 Å². The predicted octanol–water partition coefficient (Wildman–Crippen LogP) is 2.41. The van der Waals surface area contributed by atoms with E-state index in [0.29, 0.717) is 12.2 Å². The molecular formula is C16H30O4. The Kier molecular flexibility index (Phi) is 6.75. The van der Waals surface area contributed by atoms with Gasteiger partial charge in [-0.1, -0.05) is 6.92 Å². The third kappa shape index (κ3) is 4.99. The van der Waals surface area contributed by atoms with Gasteiger partial charge in [-0.25, -0.2) is 0 Å². The highest BCUT2D eigenvalue weighted by atomic mass is 16.5. The molecule has 20 heavy (non-hydrogen) atoms. The Morgan fingerprint density at radius 2 is 1.40 bits per heavy atom. The summed E-state index contributed by atoms with van der Waals surface area (Å²) in [5, 5.41) is 19.1. The molecule has 2 rings (SSSR count). The minimum atomic E-state index is -0.240. The fraction of sp³-hybridized carbons (Fsp3) is 1.00. The van der Waals surface area contributed by atoms with Crippen LogP contribution in [0.1, 0.15) is 64.7 Å². The normalized spacial score (nSPS) is 35.5. The second kappa shape index (κ2) is 8.32. The van der Waals surface area contributed by atoms with Crippen molar-refractivity contribution in [3.63, 3.8) is 0 Å². The molecule has 0 bridgehead atoms. The Labute approximate surface area is 122 Å². The lowest BCUT2D eigenvalue weighted by Crippen LogP contribution is -2.18. The molecule has 2 heterocycles. The molecule has 0 aliphatic carbocycles. The maximum Gasteiger partial charge on any atom is 0.0810 e. The highest BCUT2D eigenvalue weighted by Gasteiger charge is 2.26. The molecule has 118 valence electrons. The summed E-state index contributed by atoms with van der Waals surface area (Å²) in [4.78, 5) is 0. The lowest BCUT2D eigenvalue weighted by molar-refractivity contribution is -0.000493. The van der Waals surface area contributed by atoms with Crippen molar-refractivity contribution in [3.05, 3.63) is 0 Å². The SMILES string of the molecule is CCC1CCC(CCC(O)CCC2CCC(CO)O2)O1. The van der Waals surface area contributed by atoms with Crippen LogP contribution in [0.4, 0.5) is 0 Å². The number of rotatable bonds is 8. The van der Waals surface area contributed by atoms with Gasteiger partial charge in [-0.05, 0) is 57.8 Å². The van der Waals surface area contributed by atoms with Gasteiger partial charge in [0, 0.05) is 0 Å². The van der Waals surface area contributed by atoms with Crippen LogP contribution in [0.25, 0.3) is 0 Å². The fourth-order valence-electron chi connectivity index (χ4n) is 3.32. The van der Waals surface area contributed by atoms with E-state index >= 15 is 0 Å². The van der Waals surface area contributed by atoms with Gasteiger partial charge in [0.1, 0.15) is 0 Å². The van der Waals surface area contributed by atoms with Gasteiger partial charge in [0.05, 0.1) is 37.1 Å². The van der Waals surface area contributed by atoms with Crippen LogP contribution in [-0.4, -0.2) is 47.3 Å². The van der Waals surface area contributed by atoms with E-state index in [-0.39, 0.29) is 24.9 Å². The Balaban J connectivity index is 1.53. The summed E-state index contributed by atoms with van der Waals surface area (Å²) in [6.07, 6.45) is 9.71. The molecule has 0 spiro atoms. The first-order valence-electron chi connectivity index (χ1n) is 8.31. The molecule has 0 radical (unpaired) electrons. The number of hydrogen-bond acceptors (Lipinski definition) is 4. The summed E-state index contributed by atoms with van der Waals surface area (Å²) in [5.74, 6) is 0. The zero-order valence-corrected chi connectivity index (χ0v) is 12.7. The molecule has 4 heteroatoms. The van der Waals surface area contributed by atoms with E-state index in [1.807, 2.05) is 0 Å². The molecule has 5 atom stereocenters. The molecule has 0 aromatic rings. The number of hydrogen-bond donors (Lipinski definition) is 2. The molecule has 4 nitrogen and oxygen atoms in total. The molecule has 0 aromatic heterocycles. The van der Waals surface area contributed by atoms with E-state index < -0.39 is 0 Å². The van der Waals surface area contributed by atoms with Crippen molar-refractivity contribution in [1.82, 2.24) is 0 Å². The van der Waals surface area contributed by atoms with Crippen molar-refractivity contribution in [2.24, 2.45) is 0 Å². The largest absolute Gasteiger partial charge is 0.394 e. The van der Waals surface area contributed by atoms with E-state index in [9.17, 15) is 5.11 Å². The minimum Gasteiger partial charge on any atom is -0.394 e. The summed E-state index contributed by atoms with van der Waals surface area (Å²) in [6.45, 7) is 2.29. The van der Waals surface area contributed by atoms with Crippen molar-refractivity contribution in [1.29, 1.82) is 0 Å². The Morgan fingerprint density at radius 3 is 1.85 bits per heavy atom. The smallest absolute Gasteiger partial charge is 0.0810 e. The topological polar surface area (TPSA) is 58.9 Å². The van der Waals surface area contributed by atoms with E-state index in [0.717, 1.165) is 51.4 Å². The van der Waals surface area contributed by atoms with Crippen molar-refractivity contribution < 1.29 is 19.7 Å². The molecule has 2 N–H and O–H groups in total. The molecule has 0 amide bonds. The van der Waals surface area contributed by atoms with Crippen LogP contribution in [-0.2, 0) is 9.47 Å². The highest BCUT2D eigenvalue weighted by Crippen LogP contribution is 2.27. The first-order chi connectivity index (χ1) is 9.71. The van der Waals surface area contributed by atoms with Crippen molar-refractivity contribution in [2.75, 3.05) is 6.61 Å². The molecule has 2 aliphatic heterocycles. The van der Waals surface area contributed by atoms with Crippen molar-refractivity contribution in [2.45, 2.75) is 95.2 Å². The van der Waals surface area contributed by atoms with Gasteiger partial charge in [-0.2, -0.15) is 0 Å². The molecule has 2 fully saturated rings. The van der Waals surface area contributed by atoms with Crippen LogP contribution < -0.4 is 0 Å². The van der Waals surface area contributed by atoms with Crippen LogP contribution in [0.15, 0.2) is 0 Å². The monoisotopic (exact) mass is 286 g/mol. The maximum atomic E-state index is 10.1. The molecule has 0 aromatic carbocycles. The zero-order valence-electron chi connectivity index (χ0n) is 12.7. The Morgan fingerprint density at radius 1 is 0.900 bits per heavy atom. The standard InChI is InChI=1S/C16H30O4/c1-2-13-7-8-14(19-13)5-3-12(18)4-6-15-9-10-16(11-17)20-15/h12-18H,2-11H2,1H3. The summed E-state index contributed by atoms with van der Waals surface area (Å²) < 4.78 is 11.6. The van der Waals surface area contributed by atoms with Gasteiger partial charge in [0.25, 0.3) is 0 Å². The first-order valence-corrected chi connectivity index (χ1v) is 8.31. The fourth-order valence-corrected chi connectivity index (χ4v) is 3.32. The molecule has 5 unspecified atom stereocenters. The van der Waals surface area contributed by atoms with Crippen LogP contribution in [0, 0.1) is 0 Å². The van der Waals surface area contributed by atoms with Crippen molar-refractivity contribution >= 4 is 0 Å². The summed E-state index contributed by atoms with van der Waals surface area (Å²) in [6, 6.07) is 0. The zero-order chi connectivity index (χ0) is 14.4. The predicted molar refractivity (Wildman–Crippen MR) is 77.6 cm³/mol. The summed E-state index contributed by atoms with van der Waals surface area (Å²) >= 11 is 0. The Hall–Kier alpha value is -0.160. The van der Waals surface area contributed by atoms with E-state index in [4.69, 9.17) is 14.6 Å². The van der Waals surface area contributed by atoms with E-state index in [1.54, 1.807) is 0 Å². The molecular weight excluding hydrogens is 256 g/mol. The average molecular weight is 286 g/mol. The third-order valence-corrected chi connectivity index (χ3v) is 4.69. The molecule has 0 saturated carbocycles. The average Bonchev–Trinajstić information content (AvgIpc) is 3.11. The minimum absolute atomic E-state index is 0.0232. The van der Waals surface area contributed by atoms with Crippen LogP contribution in [0.5, 0.6) is 0 Å². The lowest BCUT2D eigenvalue weighted by atomic mass is 10.0. The van der Waals surface area contributed by atoms with Gasteiger partial charge >= 0.3 is 0 Å². The third-order valence-electron chi connectivity index (χ3n) is 4.69. The lowest BCUT2D eigenvalue weighted by Gasteiger charge is -2.17. The van der Waals surface area contributed by atoms with Crippen LogP contribution in [0.3, 0.4) is 0 Å². The molecule has 2 aliphatic rings. The molecule has 2 saturated heterocycles. The first kappa shape index (κ1) is 16.2. The highest BCUT2D eigenvalue weighted by molar-refractivity contribution is 4.76. The second-order valence-electron chi connectivity index (χ2n) is 6.31. The Bertz CT molecular complexity index is 245. The van der Waals surface area contributed by atoms with Gasteiger partial charge in [0.15, 0.2) is 0 Å². The number of aliphatic hydroxyl groups is 2. The van der Waals surface area contributed by atoms with Gasteiger partial charge in [0.2, 0.25) is 0 Å². The number of aliphatic hydroxyl groups excluding tert-OH is 2. The van der Waals surface area contributed by atoms with Gasteiger partial charge in [-0.3, -0.25) is 0 Å². The second-order valence-corrected chi connectivity index (χ2v) is 6.31. The van der Waals surface area contributed by atoms with E-state index in [1.165, 1.54) is 6.42 Å². The maximum absolute atomic E-state index is 10.1. The summed E-state index contributed by atoms with van der Waals surface area (Å²) in [7, 11) is 0. The quantitative estimate of drug-likeness (QED) is 0.719. The van der Waals surface area contributed by atoms with Crippen molar-refractivity contribution in [3.8, 4) is 0 Å².